The van der Waals surface area contributed by atoms with E-state index >= 15 is 0 Å². The van der Waals surface area contributed by atoms with Crippen LogP contribution in [0.4, 0.5) is 0 Å². The molecular weight excluding hydrogens is 310 g/mol. The average molecular weight is 333 g/mol. The normalized spacial score (nSPS) is 12.0. The number of ether oxygens (including phenoxy) is 2. The van der Waals surface area contributed by atoms with Crippen LogP contribution in [-0.2, 0) is 9.53 Å². The van der Waals surface area contributed by atoms with E-state index in [9.17, 15) is 9.59 Å². The van der Waals surface area contributed by atoms with Gasteiger partial charge in [0.05, 0.1) is 6.61 Å². The molecule has 0 bridgehead atoms. The Labute approximate surface area is 141 Å². The van der Waals surface area contributed by atoms with Crippen LogP contribution in [0.2, 0.25) is 0 Å². The summed E-state index contributed by atoms with van der Waals surface area (Å²) in [6.45, 7) is 8.27. The van der Waals surface area contributed by atoms with Crippen molar-refractivity contribution in [3.8, 4) is 5.75 Å². The Morgan fingerprint density at radius 1 is 1.29 bits per heavy atom. The molecule has 130 valence electrons. The number of furan rings is 1. The fourth-order valence-corrected chi connectivity index (χ4v) is 2.31. The summed E-state index contributed by atoms with van der Waals surface area (Å²) < 4.78 is 16.3. The first-order chi connectivity index (χ1) is 11.5. The van der Waals surface area contributed by atoms with Gasteiger partial charge in [0.15, 0.2) is 6.10 Å². The van der Waals surface area contributed by atoms with Gasteiger partial charge in [-0.05, 0) is 45.4 Å². The molecule has 0 aliphatic carbocycles. The van der Waals surface area contributed by atoms with Crippen LogP contribution < -0.4 is 10.1 Å². The van der Waals surface area contributed by atoms with Crippen LogP contribution >= 0.6 is 0 Å². The number of carbonyl (C=O) groups excluding carboxylic acids is 2. The summed E-state index contributed by atoms with van der Waals surface area (Å²) in [6.07, 6.45) is -0.0623. The Bertz CT molecular complexity index is 734. The summed E-state index contributed by atoms with van der Waals surface area (Å²) in [5.74, 6) is -0.159. The SMILES string of the molecule is CCCNC(=O)[C@@H](C)OC(=O)c1oc2ccc(OCC)cc2c1C. The first kappa shape index (κ1) is 17.8. The summed E-state index contributed by atoms with van der Waals surface area (Å²) in [4.78, 5) is 24.1. The topological polar surface area (TPSA) is 77.8 Å². The van der Waals surface area contributed by atoms with Gasteiger partial charge in [-0.15, -0.1) is 0 Å². The van der Waals surface area contributed by atoms with Crippen LogP contribution in [-0.4, -0.2) is 31.1 Å². The summed E-state index contributed by atoms with van der Waals surface area (Å²) >= 11 is 0. The molecule has 1 heterocycles. The first-order valence-electron chi connectivity index (χ1n) is 8.12. The lowest BCUT2D eigenvalue weighted by Gasteiger charge is -2.12. The third-order valence-corrected chi connectivity index (χ3v) is 3.61. The molecule has 1 aromatic heterocycles. The number of rotatable bonds is 7. The monoisotopic (exact) mass is 333 g/mol. The van der Waals surface area contributed by atoms with Gasteiger partial charge in [0.25, 0.3) is 5.91 Å². The van der Waals surface area contributed by atoms with Crippen LogP contribution in [0.15, 0.2) is 22.6 Å². The Morgan fingerprint density at radius 2 is 2.04 bits per heavy atom. The highest BCUT2D eigenvalue weighted by Crippen LogP contribution is 2.29. The summed E-state index contributed by atoms with van der Waals surface area (Å²) in [6, 6.07) is 5.36. The van der Waals surface area contributed by atoms with Crippen molar-refractivity contribution >= 4 is 22.8 Å². The molecule has 0 spiro atoms. The van der Waals surface area contributed by atoms with Crippen molar-refractivity contribution in [3.05, 3.63) is 29.5 Å². The molecule has 24 heavy (non-hydrogen) atoms. The molecule has 0 aliphatic heterocycles. The molecule has 1 amide bonds. The van der Waals surface area contributed by atoms with E-state index in [1.165, 1.54) is 6.92 Å². The minimum Gasteiger partial charge on any atom is -0.494 e. The van der Waals surface area contributed by atoms with Gasteiger partial charge in [-0.3, -0.25) is 4.79 Å². The fourth-order valence-electron chi connectivity index (χ4n) is 2.31. The van der Waals surface area contributed by atoms with Gasteiger partial charge >= 0.3 is 5.97 Å². The van der Waals surface area contributed by atoms with E-state index in [1.807, 2.05) is 19.9 Å². The summed E-state index contributed by atoms with van der Waals surface area (Å²) in [5, 5.41) is 3.48. The first-order valence-corrected chi connectivity index (χ1v) is 8.12. The molecule has 0 fully saturated rings. The zero-order valence-corrected chi connectivity index (χ0v) is 14.5. The van der Waals surface area contributed by atoms with Crippen LogP contribution in [0.5, 0.6) is 5.75 Å². The van der Waals surface area contributed by atoms with Crippen molar-refractivity contribution in [1.29, 1.82) is 0 Å². The molecule has 2 aromatic rings. The zero-order chi connectivity index (χ0) is 17.7. The molecular formula is C18H23NO5. The van der Waals surface area contributed by atoms with E-state index in [1.54, 1.807) is 19.1 Å². The van der Waals surface area contributed by atoms with E-state index in [4.69, 9.17) is 13.9 Å². The maximum absolute atomic E-state index is 12.3. The Morgan fingerprint density at radius 3 is 2.71 bits per heavy atom. The number of amides is 1. The number of hydrogen-bond donors (Lipinski definition) is 1. The molecule has 1 aromatic carbocycles. The molecule has 1 N–H and O–H groups in total. The van der Waals surface area contributed by atoms with Crippen molar-refractivity contribution < 1.29 is 23.5 Å². The number of nitrogens with one attached hydrogen (secondary N) is 1. The van der Waals surface area contributed by atoms with E-state index < -0.39 is 12.1 Å². The molecule has 6 heteroatoms. The Hall–Kier alpha value is -2.50. The van der Waals surface area contributed by atoms with Crippen molar-refractivity contribution in [3.63, 3.8) is 0 Å². The molecule has 0 unspecified atom stereocenters. The second-order valence-electron chi connectivity index (χ2n) is 5.49. The maximum Gasteiger partial charge on any atom is 0.375 e. The number of esters is 1. The van der Waals surface area contributed by atoms with Gasteiger partial charge in [0.2, 0.25) is 5.76 Å². The maximum atomic E-state index is 12.3. The van der Waals surface area contributed by atoms with Crippen LogP contribution in [0, 0.1) is 6.92 Å². The number of carbonyl (C=O) groups is 2. The molecule has 0 radical (unpaired) electrons. The minimum atomic E-state index is -0.879. The lowest BCUT2D eigenvalue weighted by molar-refractivity contribution is -0.129. The predicted molar refractivity (Wildman–Crippen MR) is 90.3 cm³/mol. The molecule has 6 nitrogen and oxygen atoms in total. The second kappa shape index (κ2) is 7.86. The van der Waals surface area contributed by atoms with Gasteiger partial charge in [-0.1, -0.05) is 6.92 Å². The number of aryl methyl sites for hydroxylation is 1. The molecule has 0 saturated heterocycles. The predicted octanol–water partition coefficient (Wildman–Crippen LogP) is 3.21. The molecule has 0 saturated carbocycles. The van der Waals surface area contributed by atoms with Crippen LogP contribution in [0.3, 0.4) is 0 Å². The highest BCUT2D eigenvalue weighted by Gasteiger charge is 2.24. The van der Waals surface area contributed by atoms with Gasteiger partial charge in [-0.25, -0.2) is 4.79 Å². The van der Waals surface area contributed by atoms with Crippen LogP contribution in [0.1, 0.15) is 43.3 Å². The zero-order valence-electron chi connectivity index (χ0n) is 14.5. The number of fused-ring (bicyclic) bond motifs is 1. The van der Waals surface area contributed by atoms with E-state index in [0.717, 1.165) is 11.8 Å². The third-order valence-electron chi connectivity index (χ3n) is 3.61. The van der Waals surface area contributed by atoms with Crippen molar-refractivity contribution in [2.24, 2.45) is 0 Å². The van der Waals surface area contributed by atoms with Gasteiger partial charge in [0, 0.05) is 17.5 Å². The van der Waals surface area contributed by atoms with E-state index in [0.29, 0.717) is 30.0 Å². The Kier molecular flexibility index (Phi) is 5.84. The average Bonchev–Trinajstić information content (AvgIpc) is 2.89. The van der Waals surface area contributed by atoms with Gasteiger partial charge in [0.1, 0.15) is 11.3 Å². The van der Waals surface area contributed by atoms with Crippen LogP contribution in [0.25, 0.3) is 11.0 Å². The van der Waals surface area contributed by atoms with Crippen molar-refractivity contribution in [2.45, 2.75) is 40.2 Å². The van der Waals surface area contributed by atoms with Gasteiger partial charge in [-0.2, -0.15) is 0 Å². The largest absolute Gasteiger partial charge is 0.494 e. The molecule has 2 rings (SSSR count). The highest BCUT2D eigenvalue weighted by atomic mass is 16.6. The summed E-state index contributed by atoms with van der Waals surface area (Å²) in [7, 11) is 0. The van der Waals surface area contributed by atoms with Gasteiger partial charge < -0.3 is 19.2 Å². The second-order valence-corrected chi connectivity index (χ2v) is 5.49. The third kappa shape index (κ3) is 3.88. The van der Waals surface area contributed by atoms with Crippen molar-refractivity contribution in [1.82, 2.24) is 5.32 Å². The molecule has 0 aliphatic rings. The lowest BCUT2D eigenvalue weighted by Crippen LogP contribution is -2.36. The lowest BCUT2D eigenvalue weighted by atomic mass is 10.1. The standard InChI is InChI=1S/C18H23NO5/c1-5-9-19-17(20)12(4)23-18(21)16-11(3)14-10-13(22-6-2)7-8-15(14)24-16/h7-8,10,12H,5-6,9H2,1-4H3,(H,19,20)/t12-/m1/s1. The Balaban J connectivity index is 2.17. The van der Waals surface area contributed by atoms with Crippen molar-refractivity contribution in [2.75, 3.05) is 13.2 Å². The van der Waals surface area contributed by atoms with E-state index in [2.05, 4.69) is 5.32 Å². The quantitative estimate of drug-likeness (QED) is 0.787. The highest BCUT2D eigenvalue weighted by molar-refractivity contribution is 5.97. The summed E-state index contributed by atoms with van der Waals surface area (Å²) in [5.41, 5.74) is 1.24. The minimum absolute atomic E-state index is 0.105. The molecule has 1 atom stereocenters. The number of benzene rings is 1. The fraction of sp³-hybridized carbons (Fsp3) is 0.444. The smallest absolute Gasteiger partial charge is 0.375 e. The number of hydrogen-bond acceptors (Lipinski definition) is 5. The van der Waals surface area contributed by atoms with E-state index in [-0.39, 0.29) is 11.7 Å².